The lowest BCUT2D eigenvalue weighted by Crippen LogP contribution is -2.37. The maximum atomic E-state index is 5.75. The summed E-state index contributed by atoms with van der Waals surface area (Å²) in [4.78, 5) is 2.61. The van der Waals surface area contributed by atoms with Crippen molar-refractivity contribution in [3.8, 4) is 11.5 Å². The highest BCUT2D eigenvalue weighted by molar-refractivity contribution is 5.51. The van der Waals surface area contributed by atoms with E-state index >= 15 is 0 Å². The molecule has 0 fully saturated rings. The molecule has 158 valence electrons. The van der Waals surface area contributed by atoms with E-state index in [1.54, 1.807) is 0 Å². The summed E-state index contributed by atoms with van der Waals surface area (Å²) in [5.41, 5.74) is 6.70. The van der Waals surface area contributed by atoms with E-state index in [2.05, 4.69) is 108 Å². The SMILES string of the molecule is c1ccc(CN2Cc3ccccc3[C@@H](c3ccc4c(c3)OCO4)[C@@H]2c2ccccc2)cc1. The summed E-state index contributed by atoms with van der Waals surface area (Å²) >= 11 is 0. The summed E-state index contributed by atoms with van der Waals surface area (Å²) < 4.78 is 11.3. The van der Waals surface area contributed by atoms with Gasteiger partial charge in [-0.2, -0.15) is 0 Å². The molecule has 0 unspecified atom stereocenters. The molecule has 0 saturated carbocycles. The molecule has 0 amide bonds. The second-order valence-corrected chi connectivity index (χ2v) is 8.54. The fourth-order valence-corrected chi connectivity index (χ4v) is 5.17. The first-order valence-corrected chi connectivity index (χ1v) is 11.2. The lowest BCUT2D eigenvalue weighted by Gasteiger charge is -2.43. The van der Waals surface area contributed by atoms with Gasteiger partial charge in [0.15, 0.2) is 11.5 Å². The Kier molecular flexibility index (Phi) is 4.89. The first kappa shape index (κ1) is 19.1. The van der Waals surface area contributed by atoms with E-state index < -0.39 is 0 Å². The first-order valence-electron chi connectivity index (χ1n) is 11.2. The number of hydrogen-bond donors (Lipinski definition) is 0. The Morgan fingerprint density at radius 1 is 0.688 bits per heavy atom. The van der Waals surface area contributed by atoms with Crippen molar-refractivity contribution in [1.29, 1.82) is 0 Å². The van der Waals surface area contributed by atoms with E-state index in [4.69, 9.17) is 9.47 Å². The molecule has 4 aromatic rings. The van der Waals surface area contributed by atoms with Crippen LogP contribution in [0.4, 0.5) is 0 Å². The average Bonchev–Trinajstić information content (AvgIpc) is 3.32. The molecular formula is C29H25NO2. The van der Waals surface area contributed by atoms with E-state index in [0.29, 0.717) is 6.79 Å². The normalized spacial score (nSPS) is 19.5. The third-order valence-corrected chi connectivity index (χ3v) is 6.60. The second-order valence-electron chi connectivity index (χ2n) is 8.54. The standard InChI is InChI=1S/C29H25NO2/c1-3-9-21(10-4-1)18-30-19-24-13-7-8-14-25(24)28(29(30)22-11-5-2-6-12-22)23-15-16-26-27(17-23)32-20-31-26/h1-17,28-29H,18-20H2/t28-,29+/m1/s1. The summed E-state index contributed by atoms with van der Waals surface area (Å²) in [6.45, 7) is 2.11. The highest BCUT2D eigenvalue weighted by Gasteiger charge is 2.37. The van der Waals surface area contributed by atoms with Crippen molar-refractivity contribution in [2.24, 2.45) is 0 Å². The van der Waals surface area contributed by atoms with Crippen LogP contribution in [0.15, 0.2) is 103 Å². The van der Waals surface area contributed by atoms with Gasteiger partial charge in [-0.25, -0.2) is 0 Å². The minimum absolute atomic E-state index is 0.195. The highest BCUT2D eigenvalue weighted by atomic mass is 16.7. The fraction of sp³-hybridized carbons (Fsp3) is 0.172. The molecule has 3 nitrogen and oxygen atoms in total. The highest BCUT2D eigenvalue weighted by Crippen LogP contribution is 2.48. The molecule has 32 heavy (non-hydrogen) atoms. The molecule has 0 aliphatic carbocycles. The molecule has 2 atom stereocenters. The van der Waals surface area contributed by atoms with Crippen LogP contribution >= 0.6 is 0 Å². The van der Waals surface area contributed by atoms with E-state index in [0.717, 1.165) is 24.6 Å². The zero-order valence-corrected chi connectivity index (χ0v) is 17.9. The molecule has 0 N–H and O–H groups in total. The van der Waals surface area contributed by atoms with Crippen LogP contribution in [0.5, 0.6) is 11.5 Å². The van der Waals surface area contributed by atoms with Crippen LogP contribution in [0.1, 0.15) is 39.8 Å². The van der Waals surface area contributed by atoms with Crippen molar-refractivity contribution in [1.82, 2.24) is 4.90 Å². The Bertz CT molecular complexity index is 1220. The van der Waals surface area contributed by atoms with Gasteiger partial charge in [-0.05, 0) is 39.9 Å². The van der Waals surface area contributed by atoms with Crippen LogP contribution in [0, 0.1) is 0 Å². The van der Waals surface area contributed by atoms with Gasteiger partial charge in [0.1, 0.15) is 0 Å². The van der Waals surface area contributed by atoms with Crippen molar-refractivity contribution in [3.05, 3.63) is 131 Å². The first-order chi connectivity index (χ1) is 15.9. The minimum atomic E-state index is 0.195. The van der Waals surface area contributed by atoms with Gasteiger partial charge in [0.2, 0.25) is 6.79 Å². The van der Waals surface area contributed by atoms with E-state index in [9.17, 15) is 0 Å². The van der Waals surface area contributed by atoms with E-state index in [-0.39, 0.29) is 12.0 Å². The van der Waals surface area contributed by atoms with E-state index in [1.165, 1.54) is 27.8 Å². The Morgan fingerprint density at radius 2 is 1.41 bits per heavy atom. The van der Waals surface area contributed by atoms with Crippen LogP contribution in [0.25, 0.3) is 0 Å². The summed E-state index contributed by atoms with van der Waals surface area (Å²) in [7, 11) is 0. The van der Waals surface area contributed by atoms with Gasteiger partial charge in [0.25, 0.3) is 0 Å². The molecule has 0 bridgehead atoms. The molecule has 0 radical (unpaired) electrons. The van der Waals surface area contributed by atoms with E-state index in [1.807, 2.05) is 0 Å². The summed E-state index contributed by atoms with van der Waals surface area (Å²) in [6, 6.07) is 37.2. The van der Waals surface area contributed by atoms with Gasteiger partial charge in [-0.3, -0.25) is 4.90 Å². The number of hydrogen-bond acceptors (Lipinski definition) is 3. The lowest BCUT2D eigenvalue weighted by atomic mass is 9.76. The minimum Gasteiger partial charge on any atom is -0.454 e. The number of nitrogens with zero attached hydrogens (tertiary/aromatic N) is 1. The number of ether oxygens (including phenoxy) is 2. The van der Waals surface area contributed by atoms with Crippen molar-refractivity contribution < 1.29 is 9.47 Å². The zero-order chi connectivity index (χ0) is 21.3. The molecular weight excluding hydrogens is 394 g/mol. The molecule has 2 aliphatic rings. The molecule has 6 rings (SSSR count). The topological polar surface area (TPSA) is 21.7 Å². The van der Waals surface area contributed by atoms with Crippen LogP contribution in [0.2, 0.25) is 0 Å². The number of rotatable bonds is 4. The maximum Gasteiger partial charge on any atom is 0.231 e. The maximum absolute atomic E-state index is 5.75. The van der Waals surface area contributed by atoms with Crippen molar-refractivity contribution >= 4 is 0 Å². The van der Waals surface area contributed by atoms with Gasteiger partial charge in [0, 0.05) is 25.0 Å². The molecule has 2 aliphatic heterocycles. The largest absolute Gasteiger partial charge is 0.454 e. The van der Waals surface area contributed by atoms with Gasteiger partial charge in [-0.1, -0.05) is 91.0 Å². The van der Waals surface area contributed by atoms with Crippen LogP contribution in [0.3, 0.4) is 0 Å². The second kappa shape index (κ2) is 8.18. The molecule has 0 spiro atoms. The third-order valence-electron chi connectivity index (χ3n) is 6.60. The van der Waals surface area contributed by atoms with Gasteiger partial charge in [0.05, 0.1) is 0 Å². The monoisotopic (exact) mass is 419 g/mol. The Labute approximate surface area is 188 Å². The molecule has 4 aromatic carbocycles. The van der Waals surface area contributed by atoms with Gasteiger partial charge >= 0.3 is 0 Å². The summed E-state index contributed by atoms with van der Waals surface area (Å²) in [5, 5.41) is 0. The predicted octanol–water partition coefficient (Wildman–Crippen LogP) is 6.30. The quantitative estimate of drug-likeness (QED) is 0.387. The summed E-state index contributed by atoms with van der Waals surface area (Å²) in [6.07, 6.45) is 0. The number of benzene rings is 4. The molecule has 0 saturated heterocycles. The summed E-state index contributed by atoms with van der Waals surface area (Å²) in [5.74, 6) is 1.86. The molecule has 2 heterocycles. The van der Waals surface area contributed by atoms with Crippen LogP contribution in [-0.4, -0.2) is 11.7 Å². The van der Waals surface area contributed by atoms with Crippen LogP contribution in [-0.2, 0) is 13.1 Å². The van der Waals surface area contributed by atoms with Gasteiger partial charge < -0.3 is 9.47 Å². The van der Waals surface area contributed by atoms with Crippen molar-refractivity contribution in [2.45, 2.75) is 25.0 Å². The van der Waals surface area contributed by atoms with Crippen LogP contribution < -0.4 is 9.47 Å². The molecule has 3 heteroatoms. The third kappa shape index (κ3) is 3.45. The van der Waals surface area contributed by atoms with Crippen molar-refractivity contribution in [2.75, 3.05) is 6.79 Å². The Morgan fingerprint density at radius 3 is 2.25 bits per heavy atom. The Balaban J connectivity index is 1.51. The lowest BCUT2D eigenvalue weighted by molar-refractivity contribution is 0.147. The Hall–Kier alpha value is -3.56. The zero-order valence-electron chi connectivity index (χ0n) is 17.9. The average molecular weight is 420 g/mol. The predicted molar refractivity (Wildman–Crippen MR) is 126 cm³/mol. The van der Waals surface area contributed by atoms with Gasteiger partial charge in [-0.15, -0.1) is 0 Å². The smallest absolute Gasteiger partial charge is 0.231 e. The van der Waals surface area contributed by atoms with Crippen molar-refractivity contribution in [3.63, 3.8) is 0 Å². The fourth-order valence-electron chi connectivity index (χ4n) is 5.17. The molecule has 0 aromatic heterocycles. The number of fused-ring (bicyclic) bond motifs is 2.